The van der Waals surface area contributed by atoms with E-state index in [1.807, 2.05) is 51.1 Å². The number of nitrogens with one attached hydrogen (secondary N) is 1. The molecule has 0 radical (unpaired) electrons. The molecule has 2 aromatic carbocycles. The summed E-state index contributed by atoms with van der Waals surface area (Å²) in [6, 6.07) is 13.1. The van der Waals surface area contributed by atoms with Crippen molar-refractivity contribution >= 4 is 50.7 Å². The Morgan fingerprint density at radius 3 is 2.18 bits per heavy atom. The molecule has 0 unspecified atom stereocenters. The first-order chi connectivity index (χ1) is 15.7. The van der Waals surface area contributed by atoms with Crippen LogP contribution >= 0.6 is 23.2 Å². The van der Waals surface area contributed by atoms with Gasteiger partial charge >= 0.3 is 0 Å². The summed E-state index contributed by atoms with van der Waals surface area (Å²) in [6.07, 6.45) is 1.51. The number of hydrogen-bond donors (Lipinski definition) is 1. The van der Waals surface area contributed by atoms with Gasteiger partial charge in [-0.2, -0.15) is 0 Å². The van der Waals surface area contributed by atoms with E-state index in [0.29, 0.717) is 6.42 Å². The molecule has 7 nitrogen and oxygen atoms in total. The quantitative estimate of drug-likeness (QED) is 0.530. The van der Waals surface area contributed by atoms with Crippen LogP contribution in [0.15, 0.2) is 48.5 Å². The minimum atomic E-state index is -3.83. The topological polar surface area (TPSA) is 86.8 Å². The van der Waals surface area contributed by atoms with Crippen LogP contribution < -0.4 is 9.62 Å². The average Bonchev–Trinajstić information content (AvgIpc) is 2.72. The third kappa shape index (κ3) is 8.18. The summed E-state index contributed by atoms with van der Waals surface area (Å²) in [5.74, 6) is -0.835. The van der Waals surface area contributed by atoms with E-state index in [1.54, 1.807) is 6.92 Å². The molecule has 2 aromatic rings. The molecule has 0 saturated carbocycles. The highest BCUT2D eigenvalue weighted by Gasteiger charge is 2.31. The van der Waals surface area contributed by atoms with E-state index in [0.717, 1.165) is 16.1 Å². The molecule has 0 fully saturated rings. The van der Waals surface area contributed by atoms with E-state index in [1.165, 1.54) is 23.1 Å². The molecule has 0 bridgehead atoms. The van der Waals surface area contributed by atoms with Crippen LogP contribution in [0.1, 0.15) is 33.3 Å². The number of carbonyl (C=O) groups excluding carboxylic acids is 2. The van der Waals surface area contributed by atoms with Gasteiger partial charge in [0, 0.05) is 12.1 Å². The van der Waals surface area contributed by atoms with Crippen LogP contribution in [0.25, 0.3) is 0 Å². The maximum atomic E-state index is 13.4. The van der Waals surface area contributed by atoms with Crippen molar-refractivity contribution in [3.63, 3.8) is 0 Å². The number of hydrogen-bond acceptors (Lipinski definition) is 4. The lowest BCUT2D eigenvalue weighted by atomic mass is 10.1. The van der Waals surface area contributed by atoms with E-state index >= 15 is 0 Å². The van der Waals surface area contributed by atoms with Crippen molar-refractivity contribution < 1.29 is 18.0 Å². The molecule has 10 heteroatoms. The second-order valence-electron chi connectivity index (χ2n) is 9.11. The van der Waals surface area contributed by atoms with Gasteiger partial charge in [-0.05, 0) is 57.9 Å². The summed E-state index contributed by atoms with van der Waals surface area (Å²) >= 11 is 12.0. The van der Waals surface area contributed by atoms with Crippen LogP contribution in [0.3, 0.4) is 0 Å². The first-order valence-corrected chi connectivity index (χ1v) is 13.4. The van der Waals surface area contributed by atoms with Gasteiger partial charge in [-0.25, -0.2) is 8.42 Å². The maximum Gasteiger partial charge on any atom is 0.244 e. The zero-order chi connectivity index (χ0) is 25.7. The van der Waals surface area contributed by atoms with Gasteiger partial charge in [0.2, 0.25) is 21.8 Å². The minimum Gasteiger partial charge on any atom is -0.350 e. The Morgan fingerprint density at radius 1 is 1.03 bits per heavy atom. The number of sulfonamides is 1. The average molecular weight is 529 g/mol. The molecule has 34 heavy (non-hydrogen) atoms. The van der Waals surface area contributed by atoms with E-state index in [2.05, 4.69) is 5.32 Å². The predicted molar refractivity (Wildman–Crippen MR) is 138 cm³/mol. The third-order valence-corrected chi connectivity index (χ3v) is 6.90. The maximum absolute atomic E-state index is 13.4. The Bertz CT molecular complexity index is 1120. The first-order valence-electron chi connectivity index (χ1n) is 10.8. The largest absolute Gasteiger partial charge is 0.350 e. The molecule has 0 aliphatic carbocycles. The lowest BCUT2D eigenvalue weighted by Crippen LogP contribution is -2.55. The molecular formula is C24H31Cl2N3O4S. The number of rotatable bonds is 9. The van der Waals surface area contributed by atoms with E-state index in [4.69, 9.17) is 23.2 Å². The second-order valence-corrected chi connectivity index (χ2v) is 11.8. The Labute approximate surface area is 212 Å². The minimum absolute atomic E-state index is 0.166. The monoisotopic (exact) mass is 527 g/mol. The number of benzene rings is 2. The van der Waals surface area contributed by atoms with E-state index in [-0.39, 0.29) is 28.2 Å². The SMILES string of the molecule is C[C@@H](C(=O)NC(C)(C)C)N(CCc1ccccc1)C(=O)CN(c1ccc(Cl)c(Cl)c1)S(C)(=O)=O. The standard InChI is InChI=1S/C24H31Cl2N3O4S/c1-17(23(31)27-24(2,3)4)28(14-13-18-9-7-6-8-10-18)22(30)16-29(34(5,32)33)19-11-12-20(25)21(26)15-19/h6-12,15,17H,13-14,16H2,1-5H3,(H,27,31)/t17-/m0/s1. The van der Waals surface area contributed by atoms with Crippen LogP contribution in [0.4, 0.5) is 5.69 Å². The number of carbonyl (C=O) groups is 2. The molecule has 0 aliphatic rings. The molecule has 186 valence electrons. The van der Waals surface area contributed by atoms with Crippen LogP contribution in [-0.2, 0) is 26.0 Å². The first kappa shape index (κ1) is 28.0. The van der Waals surface area contributed by atoms with Gasteiger partial charge in [0.15, 0.2) is 0 Å². The summed E-state index contributed by atoms with van der Waals surface area (Å²) in [6.45, 7) is 6.93. The smallest absolute Gasteiger partial charge is 0.244 e. The Morgan fingerprint density at radius 2 is 1.65 bits per heavy atom. The van der Waals surface area contributed by atoms with Crippen molar-refractivity contribution in [3.8, 4) is 0 Å². The zero-order valence-corrected chi connectivity index (χ0v) is 22.3. The fourth-order valence-corrected chi connectivity index (χ4v) is 4.43. The summed E-state index contributed by atoms with van der Waals surface area (Å²) in [5.41, 5.74) is 0.714. The van der Waals surface area contributed by atoms with Gasteiger partial charge < -0.3 is 10.2 Å². The molecular weight excluding hydrogens is 497 g/mol. The van der Waals surface area contributed by atoms with Gasteiger partial charge in [0.25, 0.3) is 0 Å². The van der Waals surface area contributed by atoms with Crippen molar-refractivity contribution in [1.82, 2.24) is 10.2 Å². The molecule has 2 rings (SSSR count). The number of nitrogens with zero attached hydrogens (tertiary/aromatic N) is 2. The van der Waals surface area contributed by atoms with Gasteiger partial charge in [-0.1, -0.05) is 53.5 Å². The Hall–Kier alpha value is -2.29. The number of halogens is 2. The number of anilines is 1. The summed E-state index contributed by atoms with van der Waals surface area (Å²) in [4.78, 5) is 27.7. The molecule has 2 amide bonds. The van der Waals surface area contributed by atoms with Gasteiger partial charge in [0.05, 0.1) is 22.0 Å². The highest BCUT2D eigenvalue weighted by atomic mass is 35.5. The molecule has 0 aromatic heterocycles. The molecule has 1 N–H and O–H groups in total. The molecule has 0 aliphatic heterocycles. The molecule has 0 saturated heterocycles. The van der Waals surface area contributed by atoms with Crippen molar-refractivity contribution in [2.45, 2.75) is 45.7 Å². The van der Waals surface area contributed by atoms with E-state index < -0.39 is 34.1 Å². The zero-order valence-electron chi connectivity index (χ0n) is 20.0. The van der Waals surface area contributed by atoms with Crippen molar-refractivity contribution in [2.75, 3.05) is 23.7 Å². The number of amides is 2. The highest BCUT2D eigenvalue weighted by molar-refractivity contribution is 7.92. The summed E-state index contributed by atoms with van der Waals surface area (Å²) in [7, 11) is -3.83. The molecule has 1 atom stereocenters. The normalized spacial score (nSPS) is 12.7. The van der Waals surface area contributed by atoms with Crippen LogP contribution in [0.2, 0.25) is 10.0 Å². The Kier molecular flexibility index (Phi) is 9.39. The van der Waals surface area contributed by atoms with Crippen molar-refractivity contribution in [3.05, 3.63) is 64.1 Å². The predicted octanol–water partition coefficient (Wildman–Crippen LogP) is 4.13. The van der Waals surface area contributed by atoms with E-state index in [9.17, 15) is 18.0 Å². The van der Waals surface area contributed by atoms with Gasteiger partial charge in [-0.15, -0.1) is 0 Å². The fourth-order valence-electron chi connectivity index (χ4n) is 3.30. The van der Waals surface area contributed by atoms with Gasteiger partial charge in [-0.3, -0.25) is 13.9 Å². The van der Waals surface area contributed by atoms with Gasteiger partial charge in [0.1, 0.15) is 12.6 Å². The lowest BCUT2D eigenvalue weighted by molar-refractivity contribution is -0.139. The molecule has 0 heterocycles. The van der Waals surface area contributed by atoms with Crippen molar-refractivity contribution in [1.29, 1.82) is 0 Å². The molecule has 0 spiro atoms. The van der Waals surface area contributed by atoms with Crippen molar-refractivity contribution in [2.24, 2.45) is 0 Å². The summed E-state index contributed by atoms with van der Waals surface area (Å²) in [5, 5.41) is 3.32. The lowest BCUT2D eigenvalue weighted by Gasteiger charge is -2.33. The second kappa shape index (κ2) is 11.4. The highest BCUT2D eigenvalue weighted by Crippen LogP contribution is 2.28. The summed E-state index contributed by atoms with van der Waals surface area (Å²) < 4.78 is 26.1. The fraction of sp³-hybridized carbons (Fsp3) is 0.417. The van der Waals surface area contributed by atoms with Crippen LogP contribution in [0, 0.1) is 0 Å². The van der Waals surface area contributed by atoms with Crippen LogP contribution in [-0.4, -0.2) is 56.1 Å². The Balaban J connectivity index is 2.34. The third-order valence-electron chi connectivity index (χ3n) is 5.02. The van der Waals surface area contributed by atoms with Crippen LogP contribution in [0.5, 0.6) is 0 Å².